The molecule has 1 N–H and O–H groups in total. The first-order chi connectivity index (χ1) is 14.8. The summed E-state index contributed by atoms with van der Waals surface area (Å²) in [7, 11) is 1.64. The monoisotopic (exact) mass is 395 g/mol. The van der Waals surface area contributed by atoms with Gasteiger partial charge in [-0.2, -0.15) is 10.4 Å². The number of rotatable bonds is 5. The first-order valence-electron chi connectivity index (χ1n) is 9.43. The summed E-state index contributed by atoms with van der Waals surface area (Å²) in [6.45, 7) is 0.404. The summed E-state index contributed by atoms with van der Waals surface area (Å²) in [4.78, 5) is 8.28. The van der Waals surface area contributed by atoms with Crippen LogP contribution in [-0.4, -0.2) is 27.3 Å². The minimum Gasteiger partial charge on any atom is -0.493 e. The van der Waals surface area contributed by atoms with E-state index in [0.29, 0.717) is 23.8 Å². The van der Waals surface area contributed by atoms with Gasteiger partial charge in [-0.25, -0.2) is 4.98 Å². The van der Waals surface area contributed by atoms with Crippen LogP contribution in [0.2, 0.25) is 0 Å². The lowest BCUT2D eigenvalue weighted by Gasteiger charge is -2.13. The number of hydrogen-bond donors (Lipinski definition) is 1. The third kappa shape index (κ3) is 3.05. The average molecular weight is 395 g/mol. The SMILES string of the molecule is COc1cc2c(cc1OCc1cccnc1)-c1[nH]nc(-c3ccc(C#N)nc3)c1C2. The van der Waals surface area contributed by atoms with Crippen molar-refractivity contribution in [2.45, 2.75) is 13.0 Å². The van der Waals surface area contributed by atoms with Crippen molar-refractivity contribution in [2.75, 3.05) is 7.11 Å². The molecule has 0 fully saturated rings. The zero-order valence-corrected chi connectivity index (χ0v) is 16.2. The standard InChI is InChI=1S/C23H17N5O2/c1-29-20-8-16-7-19-22(15-4-5-17(10-24)26-12-15)27-28-23(19)18(16)9-21(20)30-13-14-3-2-6-25-11-14/h2-6,8-9,11-12H,7,13H2,1H3,(H,27,28). The summed E-state index contributed by atoms with van der Waals surface area (Å²) < 4.78 is 11.6. The van der Waals surface area contributed by atoms with Crippen LogP contribution < -0.4 is 9.47 Å². The van der Waals surface area contributed by atoms with Gasteiger partial charge in [0.1, 0.15) is 18.4 Å². The van der Waals surface area contributed by atoms with E-state index in [1.165, 1.54) is 0 Å². The van der Waals surface area contributed by atoms with Gasteiger partial charge < -0.3 is 9.47 Å². The predicted molar refractivity (Wildman–Crippen MR) is 110 cm³/mol. The van der Waals surface area contributed by atoms with Gasteiger partial charge in [0.2, 0.25) is 0 Å². The van der Waals surface area contributed by atoms with Gasteiger partial charge in [0, 0.05) is 47.3 Å². The zero-order valence-electron chi connectivity index (χ0n) is 16.2. The van der Waals surface area contributed by atoms with E-state index in [1.54, 1.807) is 31.8 Å². The Balaban J connectivity index is 1.48. The van der Waals surface area contributed by atoms with Crippen molar-refractivity contribution in [2.24, 2.45) is 0 Å². The maximum Gasteiger partial charge on any atom is 0.162 e. The van der Waals surface area contributed by atoms with Gasteiger partial charge in [-0.15, -0.1) is 0 Å². The third-order valence-corrected chi connectivity index (χ3v) is 5.16. The molecule has 0 saturated heterocycles. The number of nitrogens with zero attached hydrogens (tertiary/aromatic N) is 4. The Labute approximate surface area is 173 Å². The van der Waals surface area contributed by atoms with Gasteiger partial charge in [-0.1, -0.05) is 6.07 Å². The number of methoxy groups -OCH3 is 1. The van der Waals surface area contributed by atoms with E-state index in [-0.39, 0.29) is 0 Å². The number of fused-ring (bicyclic) bond motifs is 3. The predicted octanol–water partition coefficient (Wildman–Crippen LogP) is 3.90. The quantitative estimate of drug-likeness (QED) is 0.485. The van der Waals surface area contributed by atoms with Crippen LogP contribution in [0.5, 0.6) is 11.5 Å². The molecule has 0 unspecified atom stereocenters. The zero-order chi connectivity index (χ0) is 20.5. The number of aromatic amines is 1. The largest absolute Gasteiger partial charge is 0.493 e. The first kappa shape index (κ1) is 17.9. The van der Waals surface area contributed by atoms with Crippen LogP contribution in [0.4, 0.5) is 0 Å². The van der Waals surface area contributed by atoms with Gasteiger partial charge in [0.25, 0.3) is 0 Å². The Bertz CT molecular complexity index is 1260. The van der Waals surface area contributed by atoms with Gasteiger partial charge >= 0.3 is 0 Å². The molecule has 7 heteroatoms. The number of nitrogens with one attached hydrogen (secondary N) is 1. The van der Waals surface area contributed by atoms with Gasteiger partial charge in [0.05, 0.1) is 18.5 Å². The topological polar surface area (TPSA) is 96.7 Å². The van der Waals surface area contributed by atoms with Crippen LogP contribution in [0, 0.1) is 11.3 Å². The summed E-state index contributed by atoms with van der Waals surface area (Å²) in [5, 5.41) is 16.6. The maximum atomic E-state index is 8.96. The molecule has 3 heterocycles. The van der Waals surface area contributed by atoms with Crippen LogP contribution in [0.1, 0.15) is 22.4 Å². The number of benzene rings is 1. The van der Waals surface area contributed by atoms with Crippen LogP contribution in [0.3, 0.4) is 0 Å². The fraction of sp³-hybridized carbons (Fsp3) is 0.130. The lowest BCUT2D eigenvalue weighted by Crippen LogP contribution is -1.99. The van der Waals surface area contributed by atoms with E-state index in [4.69, 9.17) is 14.7 Å². The third-order valence-electron chi connectivity index (χ3n) is 5.16. The molecule has 30 heavy (non-hydrogen) atoms. The molecule has 5 rings (SSSR count). The van der Waals surface area contributed by atoms with Crippen LogP contribution >= 0.6 is 0 Å². The highest BCUT2D eigenvalue weighted by Crippen LogP contribution is 2.44. The molecule has 3 aromatic heterocycles. The highest BCUT2D eigenvalue weighted by atomic mass is 16.5. The van der Waals surface area contributed by atoms with Gasteiger partial charge in [-0.3, -0.25) is 10.1 Å². The Morgan fingerprint density at radius 1 is 1.17 bits per heavy atom. The summed E-state index contributed by atoms with van der Waals surface area (Å²) in [5.74, 6) is 1.36. The van der Waals surface area contributed by atoms with Crippen LogP contribution in [-0.2, 0) is 13.0 Å². The van der Waals surface area contributed by atoms with E-state index in [2.05, 4.69) is 20.2 Å². The minimum atomic E-state index is 0.384. The molecule has 0 atom stereocenters. The smallest absolute Gasteiger partial charge is 0.162 e. The minimum absolute atomic E-state index is 0.384. The fourth-order valence-electron chi connectivity index (χ4n) is 3.69. The molecule has 4 aromatic rings. The Hall–Kier alpha value is -4.18. The number of H-pyrrole nitrogens is 1. The number of pyridine rings is 2. The van der Waals surface area contributed by atoms with Crippen molar-refractivity contribution in [3.05, 3.63) is 77.4 Å². The molecule has 7 nitrogen and oxygen atoms in total. The molecule has 0 amide bonds. The molecular formula is C23H17N5O2. The average Bonchev–Trinajstić information content (AvgIpc) is 3.37. The van der Waals surface area contributed by atoms with Crippen molar-refractivity contribution >= 4 is 0 Å². The van der Waals surface area contributed by atoms with E-state index in [1.807, 2.05) is 36.4 Å². The van der Waals surface area contributed by atoms with E-state index in [9.17, 15) is 0 Å². The molecule has 146 valence electrons. The van der Waals surface area contributed by atoms with Crippen molar-refractivity contribution in [3.63, 3.8) is 0 Å². The highest BCUT2D eigenvalue weighted by Gasteiger charge is 2.27. The van der Waals surface area contributed by atoms with Gasteiger partial charge in [0.15, 0.2) is 11.5 Å². The molecule has 0 saturated carbocycles. The number of ether oxygens (including phenoxy) is 2. The van der Waals surface area contributed by atoms with E-state index < -0.39 is 0 Å². The summed E-state index contributed by atoms with van der Waals surface area (Å²) in [6.07, 6.45) is 5.93. The summed E-state index contributed by atoms with van der Waals surface area (Å²) >= 11 is 0. The molecule has 0 bridgehead atoms. The molecule has 0 aliphatic heterocycles. The fourth-order valence-corrected chi connectivity index (χ4v) is 3.69. The Morgan fingerprint density at radius 2 is 2.10 bits per heavy atom. The summed E-state index contributed by atoms with van der Waals surface area (Å²) in [6, 6.07) is 13.5. The molecule has 0 spiro atoms. The molecule has 1 aliphatic carbocycles. The summed E-state index contributed by atoms with van der Waals surface area (Å²) in [5.41, 5.74) is 7.35. The Kier molecular flexibility index (Phi) is 4.37. The highest BCUT2D eigenvalue weighted by molar-refractivity contribution is 5.82. The second-order valence-corrected chi connectivity index (χ2v) is 6.96. The van der Waals surface area contributed by atoms with E-state index >= 15 is 0 Å². The number of nitriles is 1. The molecule has 0 radical (unpaired) electrons. The van der Waals surface area contributed by atoms with Crippen molar-refractivity contribution in [1.82, 2.24) is 20.2 Å². The van der Waals surface area contributed by atoms with Crippen LogP contribution in [0.25, 0.3) is 22.5 Å². The van der Waals surface area contributed by atoms with Crippen molar-refractivity contribution in [3.8, 4) is 40.1 Å². The van der Waals surface area contributed by atoms with Crippen molar-refractivity contribution < 1.29 is 9.47 Å². The van der Waals surface area contributed by atoms with Gasteiger partial charge in [-0.05, 0) is 35.9 Å². The Morgan fingerprint density at radius 3 is 2.83 bits per heavy atom. The lowest BCUT2D eigenvalue weighted by molar-refractivity contribution is 0.284. The lowest BCUT2D eigenvalue weighted by atomic mass is 10.1. The molecule has 1 aromatic carbocycles. The molecule has 1 aliphatic rings. The normalized spacial score (nSPS) is 11.5. The second-order valence-electron chi connectivity index (χ2n) is 6.96. The first-order valence-corrected chi connectivity index (χ1v) is 9.43. The number of hydrogen-bond acceptors (Lipinski definition) is 6. The molecular weight excluding hydrogens is 378 g/mol. The second kappa shape index (κ2) is 7.33. The van der Waals surface area contributed by atoms with Crippen LogP contribution in [0.15, 0.2) is 55.0 Å². The van der Waals surface area contributed by atoms with E-state index in [0.717, 1.165) is 45.6 Å². The number of aromatic nitrogens is 4. The van der Waals surface area contributed by atoms with Crippen molar-refractivity contribution in [1.29, 1.82) is 5.26 Å². The maximum absolute atomic E-state index is 8.96.